The van der Waals surface area contributed by atoms with Crippen molar-refractivity contribution in [2.24, 2.45) is 0 Å². The zero-order valence-corrected chi connectivity index (χ0v) is 22.7. The summed E-state index contributed by atoms with van der Waals surface area (Å²) < 4.78 is 4.41. The number of carbonyl (C=O) groups excluding carboxylic acids is 1. The van der Waals surface area contributed by atoms with E-state index in [2.05, 4.69) is 31.0 Å². The fraction of sp³-hybridized carbons (Fsp3) is 0.241. The predicted molar refractivity (Wildman–Crippen MR) is 150 cm³/mol. The van der Waals surface area contributed by atoms with Crippen LogP contribution >= 0.6 is 11.5 Å². The maximum absolute atomic E-state index is 13.1. The molecule has 4 rings (SSSR count). The molecule has 1 atom stereocenters. The third-order valence-electron chi connectivity index (χ3n) is 6.21. The number of benzene rings is 2. The van der Waals surface area contributed by atoms with E-state index in [-0.39, 0.29) is 6.42 Å². The largest absolute Gasteiger partial charge is 0.480 e. The van der Waals surface area contributed by atoms with E-state index in [1.54, 1.807) is 25.3 Å². The second kappa shape index (κ2) is 12.3. The van der Waals surface area contributed by atoms with E-state index in [4.69, 9.17) is 0 Å². The van der Waals surface area contributed by atoms with Crippen LogP contribution in [-0.2, 0) is 24.2 Å². The molecule has 10 heteroatoms. The zero-order valence-electron chi connectivity index (χ0n) is 21.9. The molecule has 0 radical (unpaired) electrons. The van der Waals surface area contributed by atoms with Gasteiger partial charge < -0.3 is 15.7 Å². The number of carbonyl (C=O) groups is 2. The van der Waals surface area contributed by atoms with Gasteiger partial charge in [-0.25, -0.2) is 14.8 Å². The maximum Gasteiger partial charge on any atom is 0.326 e. The van der Waals surface area contributed by atoms with Gasteiger partial charge in [-0.2, -0.15) is 9.64 Å². The van der Waals surface area contributed by atoms with Crippen molar-refractivity contribution in [1.29, 1.82) is 5.26 Å². The molecule has 2 aromatic heterocycles. The number of aromatic nitrogens is 3. The number of aryl methyl sites for hydroxylation is 3. The first kappa shape index (κ1) is 27.4. The molecular formula is C29H28N6O3S. The predicted octanol–water partition coefficient (Wildman–Crippen LogP) is 4.69. The van der Waals surface area contributed by atoms with Gasteiger partial charge in [0.25, 0.3) is 5.91 Å². The van der Waals surface area contributed by atoms with Crippen LogP contribution in [0, 0.1) is 25.2 Å². The molecule has 2 aromatic carbocycles. The minimum atomic E-state index is -1.12. The Balaban J connectivity index is 1.42. The molecule has 0 aliphatic heterocycles. The van der Waals surface area contributed by atoms with Gasteiger partial charge in [0.05, 0.1) is 18.2 Å². The highest BCUT2D eigenvalue weighted by Gasteiger charge is 2.24. The Morgan fingerprint density at radius 3 is 2.56 bits per heavy atom. The Morgan fingerprint density at radius 1 is 1.13 bits per heavy atom. The van der Waals surface area contributed by atoms with Crippen molar-refractivity contribution < 1.29 is 14.7 Å². The summed E-state index contributed by atoms with van der Waals surface area (Å²) >= 11 is 1.29. The zero-order chi connectivity index (χ0) is 27.9. The van der Waals surface area contributed by atoms with E-state index < -0.39 is 17.9 Å². The van der Waals surface area contributed by atoms with Crippen LogP contribution in [0.3, 0.4) is 0 Å². The first-order valence-corrected chi connectivity index (χ1v) is 13.2. The molecule has 0 aliphatic rings. The second-order valence-electron chi connectivity index (χ2n) is 9.15. The third kappa shape index (κ3) is 6.83. The van der Waals surface area contributed by atoms with Crippen LogP contribution in [0.1, 0.15) is 50.9 Å². The van der Waals surface area contributed by atoms with Gasteiger partial charge in [-0.05, 0) is 78.3 Å². The smallest absolute Gasteiger partial charge is 0.326 e. The van der Waals surface area contributed by atoms with Gasteiger partial charge in [0.2, 0.25) is 0 Å². The van der Waals surface area contributed by atoms with Crippen molar-refractivity contribution in [3.63, 3.8) is 0 Å². The summed E-state index contributed by atoms with van der Waals surface area (Å²) in [6.07, 6.45) is 2.41. The lowest BCUT2D eigenvalue weighted by Crippen LogP contribution is -2.42. The molecule has 0 spiro atoms. The van der Waals surface area contributed by atoms with Crippen LogP contribution in [0.4, 0.5) is 5.82 Å². The number of aliphatic carboxylic acids is 1. The van der Waals surface area contributed by atoms with Crippen molar-refractivity contribution in [2.45, 2.75) is 46.2 Å². The highest BCUT2D eigenvalue weighted by Crippen LogP contribution is 2.23. The Bertz CT molecular complexity index is 1540. The van der Waals surface area contributed by atoms with Gasteiger partial charge in [-0.1, -0.05) is 31.2 Å². The van der Waals surface area contributed by atoms with Crippen LogP contribution in [0.25, 0.3) is 10.6 Å². The summed E-state index contributed by atoms with van der Waals surface area (Å²) in [4.78, 5) is 33.9. The highest BCUT2D eigenvalue weighted by atomic mass is 32.1. The number of carboxylic acid groups (broad SMARTS) is 1. The maximum atomic E-state index is 13.1. The lowest BCUT2D eigenvalue weighted by atomic mass is 9.95. The molecule has 0 saturated heterocycles. The standard InChI is InChI=1S/C29H28N6O3S/c1-4-21-13-20(15-30)12-18(3)26(21)27(36)33-23(29(37)38)14-19-5-7-22(8-6-19)28-34-25(35-39-28)16-32-24-11-17(2)9-10-31-24/h5-13,23H,4,14,16H2,1-3H3,(H,31,32)(H,33,36)(H,37,38). The first-order valence-electron chi connectivity index (χ1n) is 12.4. The Morgan fingerprint density at radius 2 is 1.90 bits per heavy atom. The second-order valence-corrected chi connectivity index (χ2v) is 9.90. The van der Waals surface area contributed by atoms with Gasteiger partial charge in [-0.15, -0.1) is 0 Å². The first-order chi connectivity index (χ1) is 18.8. The van der Waals surface area contributed by atoms with E-state index in [9.17, 15) is 20.0 Å². The lowest BCUT2D eigenvalue weighted by Gasteiger charge is -2.18. The summed E-state index contributed by atoms with van der Waals surface area (Å²) in [6, 6.07) is 15.6. The van der Waals surface area contributed by atoms with Crippen LogP contribution in [0.2, 0.25) is 0 Å². The van der Waals surface area contributed by atoms with Crippen LogP contribution in [0.5, 0.6) is 0 Å². The Kier molecular flexibility index (Phi) is 8.63. The lowest BCUT2D eigenvalue weighted by molar-refractivity contribution is -0.139. The van der Waals surface area contributed by atoms with Crippen LogP contribution in [0.15, 0.2) is 54.7 Å². The number of hydrogen-bond donors (Lipinski definition) is 3. The molecule has 39 heavy (non-hydrogen) atoms. The molecule has 4 aromatic rings. The van der Waals surface area contributed by atoms with Crippen molar-refractivity contribution in [2.75, 3.05) is 5.32 Å². The van der Waals surface area contributed by atoms with Crippen LogP contribution < -0.4 is 10.6 Å². The van der Waals surface area contributed by atoms with Gasteiger partial charge in [-0.3, -0.25) is 4.79 Å². The molecule has 3 N–H and O–H groups in total. The molecule has 1 unspecified atom stereocenters. The molecule has 9 nitrogen and oxygen atoms in total. The number of nitrogens with one attached hydrogen (secondary N) is 2. The SMILES string of the molecule is CCc1cc(C#N)cc(C)c1C(=O)NC(Cc1ccc(-c2nc(CNc3cc(C)ccn3)ns2)cc1)C(=O)O. The quantitative estimate of drug-likeness (QED) is 0.263. The number of rotatable bonds is 10. The van der Waals surface area contributed by atoms with E-state index in [0.717, 1.165) is 27.5 Å². The molecule has 2 heterocycles. The highest BCUT2D eigenvalue weighted by molar-refractivity contribution is 7.09. The summed E-state index contributed by atoms with van der Waals surface area (Å²) in [5.41, 5.74) is 4.97. The molecule has 0 saturated carbocycles. The molecular weight excluding hydrogens is 512 g/mol. The van der Waals surface area contributed by atoms with Gasteiger partial charge in [0.1, 0.15) is 16.9 Å². The number of pyridine rings is 1. The topological polar surface area (TPSA) is 141 Å². The Hall–Kier alpha value is -4.62. The number of anilines is 1. The fourth-order valence-corrected chi connectivity index (χ4v) is 4.91. The van der Waals surface area contributed by atoms with Crippen LogP contribution in [-0.4, -0.2) is 37.4 Å². The summed E-state index contributed by atoms with van der Waals surface area (Å²) in [5.74, 6) is -0.175. The van der Waals surface area contributed by atoms with Gasteiger partial charge in [0, 0.05) is 23.7 Å². The van der Waals surface area contributed by atoms with E-state index in [1.807, 2.05) is 50.2 Å². The number of nitrogens with zero attached hydrogens (tertiary/aromatic N) is 4. The molecule has 0 fully saturated rings. The molecule has 1 amide bonds. The average molecular weight is 541 g/mol. The number of nitriles is 1. The van der Waals surface area contributed by atoms with E-state index in [1.165, 1.54) is 11.5 Å². The fourth-order valence-electron chi connectivity index (χ4n) is 4.22. The Labute approximate surface area is 230 Å². The summed E-state index contributed by atoms with van der Waals surface area (Å²) in [6.45, 7) is 6.09. The van der Waals surface area contributed by atoms with Gasteiger partial charge >= 0.3 is 5.97 Å². The number of hydrogen-bond acceptors (Lipinski definition) is 8. The number of carboxylic acids is 1. The monoisotopic (exact) mass is 540 g/mol. The van der Waals surface area contributed by atoms with E-state index in [0.29, 0.717) is 41.0 Å². The molecule has 198 valence electrons. The van der Waals surface area contributed by atoms with Crippen molar-refractivity contribution in [1.82, 2.24) is 19.7 Å². The molecule has 0 aliphatic carbocycles. The van der Waals surface area contributed by atoms with Crippen molar-refractivity contribution >= 4 is 29.2 Å². The average Bonchev–Trinajstić information content (AvgIpc) is 3.40. The van der Waals surface area contributed by atoms with E-state index >= 15 is 0 Å². The van der Waals surface area contributed by atoms with Crippen molar-refractivity contribution in [3.05, 3.63) is 93.9 Å². The summed E-state index contributed by atoms with van der Waals surface area (Å²) in [5, 5.41) is 25.7. The minimum absolute atomic E-state index is 0.118. The van der Waals surface area contributed by atoms with Crippen molar-refractivity contribution in [3.8, 4) is 16.6 Å². The minimum Gasteiger partial charge on any atom is -0.480 e. The summed E-state index contributed by atoms with van der Waals surface area (Å²) in [7, 11) is 0. The number of amides is 1. The van der Waals surface area contributed by atoms with Gasteiger partial charge in [0.15, 0.2) is 5.82 Å². The third-order valence-corrected chi connectivity index (χ3v) is 7.01. The molecule has 0 bridgehead atoms. The normalized spacial score (nSPS) is 11.4.